The summed E-state index contributed by atoms with van der Waals surface area (Å²) in [5, 5.41) is 9.42. The predicted molar refractivity (Wildman–Crippen MR) is 87.9 cm³/mol. The van der Waals surface area contributed by atoms with Crippen LogP contribution in [0.2, 0.25) is 0 Å². The molecule has 122 valence electrons. The molecule has 1 aliphatic rings. The maximum atomic E-state index is 12.8. The van der Waals surface area contributed by atoms with E-state index in [0.717, 1.165) is 17.1 Å². The van der Waals surface area contributed by atoms with E-state index in [1.165, 1.54) is 0 Å². The second-order valence-electron chi connectivity index (χ2n) is 5.63. The lowest BCUT2D eigenvalue weighted by Crippen LogP contribution is -2.31. The van der Waals surface area contributed by atoms with Crippen LogP contribution in [0.5, 0.6) is 11.5 Å². The third kappa shape index (κ3) is 3.23. The number of carbonyl (C=O) groups excluding carboxylic acids is 1. The van der Waals surface area contributed by atoms with Crippen LogP contribution in [0.25, 0.3) is 0 Å². The summed E-state index contributed by atoms with van der Waals surface area (Å²) in [5.74, 6) is 0.157. The molecular weight excluding hydrogens is 304 g/mol. The van der Waals surface area contributed by atoms with Gasteiger partial charge in [-0.2, -0.15) is 5.26 Å². The van der Waals surface area contributed by atoms with E-state index in [1.54, 1.807) is 24.4 Å². The Morgan fingerprint density at radius 2 is 2.33 bits per heavy atom. The van der Waals surface area contributed by atoms with Gasteiger partial charge in [0.2, 0.25) is 0 Å². The molecule has 0 amide bonds. The molecule has 24 heavy (non-hydrogen) atoms. The van der Waals surface area contributed by atoms with E-state index in [-0.39, 0.29) is 18.3 Å². The standard InChI is InChI=1S/C19H18N2O3/c1-2-23-15-6-7-18-13(10-15)9-14(12-24-18)19(22)16(11-20)17-5-3-4-8-21-17/h3-8,10,14,16H,2,9,12H2,1H3/t14-,16+/m0/s1. The highest BCUT2D eigenvalue weighted by Crippen LogP contribution is 2.33. The second-order valence-corrected chi connectivity index (χ2v) is 5.63. The van der Waals surface area contributed by atoms with E-state index in [0.29, 0.717) is 18.7 Å². The van der Waals surface area contributed by atoms with Gasteiger partial charge in [0.05, 0.1) is 30.9 Å². The Kier molecular flexibility index (Phi) is 4.76. The Balaban J connectivity index is 1.80. The Labute approximate surface area is 140 Å². The number of benzene rings is 1. The van der Waals surface area contributed by atoms with Gasteiger partial charge in [0.15, 0.2) is 5.78 Å². The molecule has 0 fully saturated rings. The molecular formula is C19H18N2O3. The average molecular weight is 322 g/mol. The molecule has 1 aliphatic heterocycles. The first-order valence-corrected chi connectivity index (χ1v) is 7.95. The Hall–Kier alpha value is -2.87. The first-order valence-electron chi connectivity index (χ1n) is 7.95. The summed E-state index contributed by atoms with van der Waals surface area (Å²) in [6.07, 6.45) is 2.13. The molecule has 0 unspecified atom stereocenters. The molecule has 0 saturated heterocycles. The fourth-order valence-electron chi connectivity index (χ4n) is 2.87. The molecule has 0 spiro atoms. The molecule has 0 N–H and O–H groups in total. The summed E-state index contributed by atoms with van der Waals surface area (Å²) < 4.78 is 11.2. The van der Waals surface area contributed by atoms with Crippen molar-refractivity contribution in [1.29, 1.82) is 5.26 Å². The molecule has 2 aromatic rings. The van der Waals surface area contributed by atoms with Crippen LogP contribution in [0.3, 0.4) is 0 Å². The number of rotatable bonds is 5. The van der Waals surface area contributed by atoms with Crippen LogP contribution in [-0.2, 0) is 11.2 Å². The van der Waals surface area contributed by atoms with Crippen molar-refractivity contribution in [1.82, 2.24) is 4.98 Å². The van der Waals surface area contributed by atoms with E-state index >= 15 is 0 Å². The van der Waals surface area contributed by atoms with Gasteiger partial charge in [0.25, 0.3) is 0 Å². The highest BCUT2D eigenvalue weighted by atomic mass is 16.5. The zero-order valence-corrected chi connectivity index (χ0v) is 13.4. The van der Waals surface area contributed by atoms with Crippen molar-refractivity contribution >= 4 is 5.78 Å². The maximum Gasteiger partial charge on any atom is 0.162 e. The molecule has 1 aromatic carbocycles. The summed E-state index contributed by atoms with van der Waals surface area (Å²) in [7, 11) is 0. The van der Waals surface area contributed by atoms with Crippen LogP contribution >= 0.6 is 0 Å². The van der Waals surface area contributed by atoms with Crippen molar-refractivity contribution in [3.8, 4) is 17.6 Å². The molecule has 2 heterocycles. The topological polar surface area (TPSA) is 72.2 Å². The van der Waals surface area contributed by atoms with Crippen molar-refractivity contribution in [3.63, 3.8) is 0 Å². The number of ether oxygens (including phenoxy) is 2. The molecule has 0 saturated carbocycles. The van der Waals surface area contributed by atoms with E-state index in [9.17, 15) is 10.1 Å². The number of fused-ring (bicyclic) bond motifs is 1. The lowest BCUT2D eigenvalue weighted by Gasteiger charge is -2.26. The summed E-state index contributed by atoms with van der Waals surface area (Å²) >= 11 is 0. The van der Waals surface area contributed by atoms with Crippen LogP contribution in [0.15, 0.2) is 42.6 Å². The number of hydrogen-bond donors (Lipinski definition) is 0. The van der Waals surface area contributed by atoms with Crippen LogP contribution in [-0.4, -0.2) is 24.0 Å². The summed E-state index contributed by atoms with van der Waals surface area (Å²) in [5.41, 5.74) is 1.42. The number of carbonyl (C=O) groups is 1. The highest BCUT2D eigenvalue weighted by Gasteiger charge is 2.33. The zero-order valence-electron chi connectivity index (χ0n) is 13.4. The van der Waals surface area contributed by atoms with E-state index in [4.69, 9.17) is 9.47 Å². The smallest absolute Gasteiger partial charge is 0.162 e. The highest BCUT2D eigenvalue weighted by molar-refractivity contribution is 5.90. The number of pyridine rings is 1. The lowest BCUT2D eigenvalue weighted by molar-refractivity contribution is -0.124. The molecule has 5 heteroatoms. The van der Waals surface area contributed by atoms with Crippen molar-refractivity contribution < 1.29 is 14.3 Å². The first kappa shape index (κ1) is 16.0. The van der Waals surface area contributed by atoms with Gasteiger partial charge < -0.3 is 9.47 Å². The van der Waals surface area contributed by atoms with Crippen molar-refractivity contribution in [3.05, 3.63) is 53.9 Å². The number of Topliss-reactive ketones (excluding diaryl/α,β-unsaturated/α-hetero) is 1. The molecule has 0 bridgehead atoms. The molecule has 1 aromatic heterocycles. The summed E-state index contributed by atoms with van der Waals surface area (Å²) in [6.45, 7) is 2.79. The van der Waals surface area contributed by atoms with Crippen LogP contribution in [0.4, 0.5) is 0 Å². The Morgan fingerprint density at radius 3 is 3.04 bits per heavy atom. The Morgan fingerprint density at radius 1 is 1.46 bits per heavy atom. The summed E-state index contributed by atoms with van der Waals surface area (Å²) in [4.78, 5) is 16.9. The van der Waals surface area contributed by atoms with Crippen molar-refractivity contribution in [2.75, 3.05) is 13.2 Å². The minimum absolute atomic E-state index is 0.149. The fraction of sp³-hybridized carbons (Fsp3) is 0.316. The number of hydrogen-bond acceptors (Lipinski definition) is 5. The van der Waals surface area contributed by atoms with E-state index in [2.05, 4.69) is 11.1 Å². The molecule has 0 aliphatic carbocycles. The molecule has 2 atom stereocenters. The van der Waals surface area contributed by atoms with Crippen molar-refractivity contribution in [2.24, 2.45) is 5.92 Å². The minimum Gasteiger partial charge on any atom is -0.494 e. The van der Waals surface area contributed by atoms with Crippen LogP contribution in [0, 0.1) is 17.2 Å². The van der Waals surface area contributed by atoms with Crippen LogP contribution in [0.1, 0.15) is 24.1 Å². The quantitative estimate of drug-likeness (QED) is 0.846. The minimum atomic E-state index is -0.864. The Bertz CT molecular complexity index is 768. The predicted octanol–water partition coefficient (Wildman–Crippen LogP) is 2.91. The number of nitrogens with zero attached hydrogens (tertiary/aromatic N) is 2. The second kappa shape index (κ2) is 7.14. The summed E-state index contributed by atoms with van der Waals surface area (Å²) in [6, 6.07) is 12.9. The number of aromatic nitrogens is 1. The van der Waals surface area contributed by atoms with Crippen molar-refractivity contribution in [2.45, 2.75) is 19.3 Å². The van der Waals surface area contributed by atoms with Gasteiger partial charge in [-0.25, -0.2) is 0 Å². The van der Waals surface area contributed by atoms with E-state index < -0.39 is 5.92 Å². The first-order chi connectivity index (χ1) is 11.7. The number of ketones is 1. The van der Waals surface area contributed by atoms with Gasteiger partial charge in [0, 0.05) is 6.20 Å². The molecule has 0 radical (unpaired) electrons. The lowest BCUT2D eigenvalue weighted by atomic mass is 9.86. The zero-order chi connectivity index (χ0) is 16.9. The van der Waals surface area contributed by atoms with Crippen LogP contribution < -0.4 is 9.47 Å². The van der Waals surface area contributed by atoms with Gasteiger partial charge in [-0.15, -0.1) is 0 Å². The largest absolute Gasteiger partial charge is 0.494 e. The normalized spacial score (nSPS) is 17.1. The van der Waals surface area contributed by atoms with Gasteiger partial charge >= 0.3 is 0 Å². The molecule has 5 nitrogen and oxygen atoms in total. The fourth-order valence-corrected chi connectivity index (χ4v) is 2.87. The molecule has 3 rings (SSSR count). The monoisotopic (exact) mass is 322 g/mol. The number of nitriles is 1. The van der Waals surface area contributed by atoms with Gasteiger partial charge in [-0.1, -0.05) is 6.07 Å². The SMILES string of the molecule is CCOc1ccc2c(c1)C[C@H](C(=O)[C@H](C#N)c1ccccn1)CO2. The average Bonchev–Trinajstić information content (AvgIpc) is 2.63. The third-order valence-corrected chi connectivity index (χ3v) is 4.05. The maximum absolute atomic E-state index is 12.8. The van der Waals surface area contributed by atoms with Gasteiger partial charge in [-0.3, -0.25) is 9.78 Å². The van der Waals surface area contributed by atoms with Gasteiger partial charge in [-0.05, 0) is 49.2 Å². The van der Waals surface area contributed by atoms with E-state index in [1.807, 2.05) is 25.1 Å². The third-order valence-electron chi connectivity index (χ3n) is 4.05. The van der Waals surface area contributed by atoms with Gasteiger partial charge in [0.1, 0.15) is 17.4 Å².